The van der Waals surface area contributed by atoms with Crippen molar-refractivity contribution in [1.82, 2.24) is 14.9 Å². The normalized spacial score (nSPS) is 19.8. The van der Waals surface area contributed by atoms with E-state index in [0.717, 1.165) is 49.9 Å². The number of piperidine rings is 1. The molecule has 8 rings (SSSR count). The monoisotopic (exact) mass is 633 g/mol. The number of likely N-dealkylation sites (tertiary alicyclic amines) is 1. The number of amides is 3. The van der Waals surface area contributed by atoms with Gasteiger partial charge in [-0.3, -0.25) is 19.7 Å². The maximum absolute atomic E-state index is 13.8. The smallest absolute Gasteiger partial charge is 0.412 e. The molecule has 0 bridgehead atoms. The van der Waals surface area contributed by atoms with E-state index in [1.54, 1.807) is 68.1 Å². The van der Waals surface area contributed by atoms with Crippen LogP contribution in [0.4, 0.5) is 16.2 Å². The number of aryl methyl sites for hydroxylation is 1. The fourth-order valence-corrected chi connectivity index (χ4v) is 8.10. The van der Waals surface area contributed by atoms with Crippen molar-refractivity contribution in [3.63, 3.8) is 0 Å². The molecule has 5 aromatic rings. The van der Waals surface area contributed by atoms with Crippen LogP contribution in [0.1, 0.15) is 69.0 Å². The molecule has 3 aromatic heterocycles. The summed E-state index contributed by atoms with van der Waals surface area (Å²) in [7, 11) is 0. The summed E-state index contributed by atoms with van der Waals surface area (Å²) >= 11 is 1.50. The number of H-pyrrole nitrogens is 2. The Hall–Kier alpha value is -5.16. The Morgan fingerprint density at radius 1 is 0.957 bits per heavy atom. The van der Waals surface area contributed by atoms with E-state index in [1.165, 1.54) is 11.3 Å². The van der Waals surface area contributed by atoms with Crippen LogP contribution < -0.4 is 10.6 Å². The minimum absolute atomic E-state index is 0.0241. The second kappa shape index (κ2) is 9.67. The fraction of sp³-hybridized carbons (Fsp3) is 0.257. The second-order valence-corrected chi connectivity index (χ2v) is 14.2. The molecule has 1 spiro atoms. The number of carbonyl (C=O) groups is 4. The van der Waals surface area contributed by atoms with Crippen LogP contribution >= 0.6 is 11.3 Å². The second-order valence-electron chi connectivity index (χ2n) is 13.4. The van der Waals surface area contributed by atoms with Gasteiger partial charge >= 0.3 is 6.09 Å². The van der Waals surface area contributed by atoms with E-state index in [-0.39, 0.29) is 23.0 Å². The van der Waals surface area contributed by atoms with Crippen LogP contribution in [-0.4, -0.2) is 50.7 Å². The first-order valence-corrected chi connectivity index (χ1v) is 16.0. The van der Waals surface area contributed by atoms with E-state index in [9.17, 15) is 19.2 Å². The molecular formula is C35H31N5O5S. The average molecular weight is 634 g/mol. The standard InChI is InChI=1S/C35H31N5O5S/c1-17-16-46-30-27(41)13-28-35(29(17)30)14-20(35)15-40(28)32(43)26-12-19-9-21(5-7-24(19)39-26)36-31(42)25-11-18-10-22(6-8-23(18)38-25)37-33(44)45-34(2,3)4/h5-13,16,20,38-39H,14-15H2,1-4H3,(H,36,42)(H,37,44). The van der Waals surface area contributed by atoms with Crippen LogP contribution in [0.25, 0.3) is 21.8 Å². The number of thiophene rings is 1. The molecule has 2 unspecified atom stereocenters. The number of fused-ring (bicyclic) bond motifs is 3. The van der Waals surface area contributed by atoms with Gasteiger partial charge in [0.05, 0.1) is 4.88 Å². The summed E-state index contributed by atoms with van der Waals surface area (Å²) in [5.74, 6) is -0.194. The summed E-state index contributed by atoms with van der Waals surface area (Å²) in [5.41, 5.74) is 5.65. The zero-order valence-corrected chi connectivity index (χ0v) is 26.5. The lowest BCUT2D eigenvalue weighted by molar-refractivity contribution is 0.0635. The molecule has 2 aliphatic carbocycles. The Kier molecular flexibility index (Phi) is 5.95. The number of hydrogen-bond donors (Lipinski definition) is 4. The van der Waals surface area contributed by atoms with E-state index in [2.05, 4.69) is 27.5 Å². The number of ketones is 1. The van der Waals surface area contributed by atoms with E-state index in [0.29, 0.717) is 35.2 Å². The molecular weight excluding hydrogens is 602 g/mol. The average Bonchev–Trinajstić information content (AvgIpc) is 3.43. The summed E-state index contributed by atoms with van der Waals surface area (Å²) in [4.78, 5) is 61.0. The highest BCUT2D eigenvalue weighted by molar-refractivity contribution is 7.12. The zero-order chi connectivity index (χ0) is 32.1. The quantitative estimate of drug-likeness (QED) is 0.167. The minimum Gasteiger partial charge on any atom is -0.444 e. The molecule has 1 aliphatic heterocycles. The third kappa shape index (κ3) is 4.45. The number of anilines is 2. The summed E-state index contributed by atoms with van der Waals surface area (Å²) < 4.78 is 5.32. The van der Waals surface area contributed by atoms with E-state index in [1.807, 2.05) is 17.5 Å². The van der Waals surface area contributed by atoms with Gasteiger partial charge in [-0.1, -0.05) is 0 Å². The zero-order valence-electron chi connectivity index (χ0n) is 25.7. The maximum Gasteiger partial charge on any atom is 0.412 e. The Morgan fingerprint density at radius 2 is 1.61 bits per heavy atom. The van der Waals surface area contributed by atoms with Crippen molar-refractivity contribution in [1.29, 1.82) is 0 Å². The minimum atomic E-state index is -0.617. The molecule has 10 nitrogen and oxygen atoms in total. The highest BCUT2D eigenvalue weighted by Gasteiger charge is 2.68. The summed E-state index contributed by atoms with van der Waals surface area (Å²) in [6, 6.07) is 14.2. The van der Waals surface area contributed by atoms with Gasteiger partial charge in [0, 0.05) is 56.9 Å². The van der Waals surface area contributed by atoms with Crippen LogP contribution in [0.15, 0.2) is 65.7 Å². The van der Waals surface area contributed by atoms with Gasteiger partial charge in [-0.15, -0.1) is 11.3 Å². The van der Waals surface area contributed by atoms with Gasteiger partial charge < -0.3 is 24.9 Å². The maximum atomic E-state index is 13.8. The lowest BCUT2D eigenvalue weighted by atomic mass is 9.84. The molecule has 3 amide bonds. The SMILES string of the molecule is Cc1csc2c1C13CC1CN(C(=O)c1cc4cc(NC(=O)c5cc6cc(NC(=O)OC(C)(C)C)ccc6[nH]5)ccc4[nH]1)C3=CC2=O. The summed E-state index contributed by atoms with van der Waals surface area (Å²) in [6.07, 6.45) is 2.08. The summed E-state index contributed by atoms with van der Waals surface area (Å²) in [5, 5.41) is 9.22. The topological polar surface area (TPSA) is 136 Å². The molecule has 2 atom stereocenters. The van der Waals surface area contributed by atoms with Crippen molar-refractivity contribution in [2.45, 2.75) is 45.1 Å². The van der Waals surface area contributed by atoms with Crippen LogP contribution in [0.2, 0.25) is 0 Å². The van der Waals surface area contributed by atoms with Crippen LogP contribution in [0, 0.1) is 12.8 Å². The lowest BCUT2D eigenvalue weighted by Crippen LogP contribution is -2.33. The van der Waals surface area contributed by atoms with Gasteiger partial charge in [0.1, 0.15) is 17.0 Å². The predicted molar refractivity (Wildman–Crippen MR) is 177 cm³/mol. The van der Waals surface area contributed by atoms with Crippen molar-refractivity contribution in [2.75, 3.05) is 17.2 Å². The number of allylic oxidation sites excluding steroid dienone is 2. The number of carbonyl (C=O) groups excluding carboxylic acids is 4. The molecule has 0 radical (unpaired) electrons. The Bertz CT molecular complexity index is 2200. The van der Waals surface area contributed by atoms with Crippen molar-refractivity contribution in [3.8, 4) is 0 Å². The number of ether oxygens (including phenoxy) is 1. The van der Waals surface area contributed by atoms with Crippen molar-refractivity contribution >= 4 is 68.2 Å². The molecule has 11 heteroatoms. The number of aromatic nitrogens is 2. The van der Waals surface area contributed by atoms with E-state index >= 15 is 0 Å². The van der Waals surface area contributed by atoms with Gasteiger partial charge in [-0.25, -0.2) is 4.79 Å². The third-order valence-corrected chi connectivity index (χ3v) is 10.1. The van der Waals surface area contributed by atoms with Crippen LogP contribution in [0.3, 0.4) is 0 Å². The fourth-order valence-electron chi connectivity index (χ4n) is 7.05. The first-order valence-electron chi connectivity index (χ1n) is 15.1. The van der Waals surface area contributed by atoms with Gasteiger partial charge in [-0.05, 0) is 105 Å². The molecule has 3 aliphatic rings. The van der Waals surface area contributed by atoms with Crippen LogP contribution in [0.5, 0.6) is 0 Å². The van der Waals surface area contributed by atoms with Gasteiger partial charge in [0.25, 0.3) is 11.8 Å². The first-order chi connectivity index (χ1) is 21.9. The molecule has 2 fully saturated rings. The van der Waals surface area contributed by atoms with Gasteiger partial charge in [0.15, 0.2) is 5.78 Å². The van der Waals surface area contributed by atoms with Crippen molar-refractivity contribution < 1.29 is 23.9 Å². The van der Waals surface area contributed by atoms with Gasteiger partial charge in [0.2, 0.25) is 0 Å². The highest BCUT2D eigenvalue weighted by Crippen LogP contribution is 2.68. The predicted octanol–water partition coefficient (Wildman–Crippen LogP) is 7.11. The van der Waals surface area contributed by atoms with E-state index in [4.69, 9.17) is 4.74 Å². The Balaban J connectivity index is 0.988. The Labute approximate surface area is 267 Å². The summed E-state index contributed by atoms with van der Waals surface area (Å²) in [6.45, 7) is 8.02. The number of nitrogens with one attached hydrogen (secondary N) is 4. The molecule has 1 saturated carbocycles. The number of rotatable bonds is 4. The largest absolute Gasteiger partial charge is 0.444 e. The molecule has 232 valence electrons. The number of aromatic amines is 2. The van der Waals surface area contributed by atoms with Crippen LogP contribution in [-0.2, 0) is 10.2 Å². The lowest BCUT2D eigenvalue weighted by Gasteiger charge is -2.28. The van der Waals surface area contributed by atoms with Crippen molar-refractivity contribution in [3.05, 3.63) is 93.1 Å². The first kappa shape index (κ1) is 28.3. The number of nitrogens with zero attached hydrogens (tertiary/aromatic N) is 1. The Morgan fingerprint density at radius 3 is 2.30 bits per heavy atom. The van der Waals surface area contributed by atoms with Gasteiger partial charge in [-0.2, -0.15) is 0 Å². The van der Waals surface area contributed by atoms with Crippen molar-refractivity contribution in [2.24, 2.45) is 5.92 Å². The molecule has 2 aromatic carbocycles. The van der Waals surface area contributed by atoms with E-state index < -0.39 is 11.7 Å². The molecule has 46 heavy (non-hydrogen) atoms. The molecule has 4 N–H and O–H groups in total. The highest BCUT2D eigenvalue weighted by atomic mass is 32.1. The molecule has 1 saturated heterocycles. The molecule has 4 heterocycles. The number of hydrogen-bond acceptors (Lipinski definition) is 6. The third-order valence-electron chi connectivity index (χ3n) is 9.03. The number of benzene rings is 2.